The van der Waals surface area contributed by atoms with Crippen molar-refractivity contribution in [2.24, 2.45) is 0 Å². The number of benzene rings is 1. The molecule has 0 bridgehead atoms. The van der Waals surface area contributed by atoms with Crippen molar-refractivity contribution in [1.82, 2.24) is 10.6 Å². The average molecular weight is 434 g/mol. The Morgan fingerprint density at radius 3 is 2.40 bits per heavy atom. The van der Waals surface area contributed by atoms with Gasteiger partial charge in [-0.15, -0.1) is 0 Å². The molecule has 1 rings (SSSR count). The first-order chi connectivity index (χ1) is 14.6. The third-order valence-electron chi connectivity index (χ3n) is 4.35. The molecule has 30 heavy (non-hydrogen) atoms. The van der Waals surface area contributed by atoms with Gasteiger partial charge < -0.3 is 25.7 Å². The summed E-state index contributed by atoms with van der Waals surface area (Å²) in [6.07, 6.45) is 11.3. The van der Waals surface area contributed by atoms with Crippen molar-refractivity contribution in [1.29, 1.82) is 0 Å². The van der Waals surface area contributed by atoms with Gasteiger partial charge in [0.05, 0.1) is 13.2 Å². The fourth-order valence-electron chi connectivity index (χ4n) is 2.72. The van der Waals surface area contributed by atoms with E-state index in [-0.39, 0.29) is 19.1 Å². The molecule has 0 saturated heterocycles. The zero-order valence-electron chi connectivity index (χ0n) is 17.8. The number of hydrogen-bond donors (Lipinski definition) is 5. The Balaban J connectivity index is 2.46. The molecule has 0 heterocycles. The summed E-state index contributed by atoms with van der Waals surface area (Å²) in [5.41, 5.74) is 3.12. The molecule has 0 unspecified atom stereocenters. The maximum atomic E-state index is 11.5. The van der Waals surface area contributed by atoms with Crippen molar-refractivity contribution in [2.45, 2.75) is 19.8 Å². The summed E-state index contributed by atoms with van der Waals surface area (Å²) in [5, 5.41) is 24.3. The molecule has 0 atom stereocenters. The number of hydrogen-bond acceptors (Lipinski definition) is 6. The lowest BCUT2D eigenvalue weighted by molar-refractivity contribution is -0.121. The van der Waals surface area contributed by atoms with Crippen LogP contribution in [0.5, 0.6) is 0 Å². The Labute approximate surface area is 185 Å². The van der Waals surface area contributed by atoms with Crippen molar-refractivity contribution >= 4 is 30.3 Å². The number of aliphatic hydroxyl groups excluding tert-OH is 2. The largest absolute Gasteiger partial charge is 0.395 e. The zero-order chi connectivity index (χ0) is 22.0. The molecule has 166 valence electrons. The van der Waals surface area contributed by atoms with E-state index in [1.807, 2.05) is 66.6 Å². The summed E-state index contributed by atoms with van der Waals surface area (Å²) < 4.78 is 0. The molecule has 0 fully saturated rings. The van der Waals surface area contributed by atoms with Crippen LogP contribution >= 0.6 is 12.6 Å². The topological polar surface area (TPSA) is 84.8 Å². The minimum absolute atomic E-state index is 0.0515. The van der Waals surface area contributed by atoms with Crippen LogP contribution in [0.2, 0.25) is 0 Å². The van der Waals surface area contributed by atoms with E-state index in [0.29, 0.717) is 31.8 Å². The quantitative estimate of drug-likeness (QED) is 0.167. The number of carbonyl (C=O) groups excluding carboxylic acids is 1. The molecule has 1 aromatic rings. The number of aliphatic hydroxyl groups is 2. The molecule has 0 aromatic heterocycles. The van der Waals surface area contributed by atoms with Gasteiger partial charge in [0.1, 0.15) is 0 Å². The van der Waals surface area contributed by atoms with E-state index in [1.54, 1.807) is 0 Å². The highest BCUT2D eigenvalue weighted by Crippen LogP contribution is 2.16. The molecule has 0 aliphatic heterocycles. The van der Waals surface area contributed by atoms with Gasteiger partial charge in [-0.05, 0) is 48.9 Å². The van der Waals surface area contributed by atoms with Gasteiger partial charge in [-0.25, -0.2) is 0 Å². The number of anilines is 1. The van der Waals surface area contributed by atoms with Crippen LogP contribution in [0, 0.1) is 0 Å². The first kappa shape index (κ1) is 25.8. The van der Waals surface area contributed by atoms with Crippen LogP contribution < -0.4 is 15.5 Å². The van der Waals surface area contributed by atoms with Gasteiger partial charge in [-0.3, -0.25) is 4.79 Å². The molecule has 1 amide bonds. The van der Waals surface area contributed by atoms with E-state index in [0.717, 1.165) is 29.8 Å². The van der Waals surface area contributed by atoms with Crippen molar-refractivity contribution in [3.05, 3.63) is 59.8 Å². The fourth-order valence-corrected chi connectivity index (χ4v) is 2.83. The van der Waals surface area contributed by atoms with Crippen LogP contribution in [0.1, 0.15) is 25.3 Å². The number of carbonyl (C=O) groups is 1. The van der Waals surface area contributed by atoms with Gasteiger partial charge in [0, 0.05) is 44.0 Å². The molecular weight excluding hydrogens is 398 g/mol. The van der Waals surface area contributed by atoms with E-state index in [9.17, 15) is 4.79 Å². The first-order valence-corrected chi connectivity index (χ1v) is 11.0. The number of allylic oxidation sites excluding steroid dienone is 4. The summed E-state index contributed by atoms with van der Waals surface area (Å²) in [5.74, 6) is 0.719. The number of amides is 1. The molecule has 0 aliphatic carbocycles. The zero-order valence-corrected chi connectivity index (χ0v) is 18.7. The van der Waals surface area contributed by atoms with Crippen molar-refractivity contribution < 1.29 is 15.0 Å². The highest BCUT2D eigenvalue weighted by atomic mass is 32.1. The van der Waals surface area contributed by atoms with Crippen LogP contribution in [-0.4, -0.2) is 61.3 Å². The minimum atomic E-state index is 0.0515. The lowest BCUT2D eigenvalue weighted by Gasteiger charge is -2.22. The lowest BCUT2D eigenvalue weighted by atomic mass is 10.1. The Morgan fingerprint density at radius 1 is 1.10 bits per heavy atom. The summed E-state index contributed by atoms with van der Waals surface area (Å²) in [4.78, 5) is 13.4. The second-order valence-corrected chi connectivity index (χ2v) is 7.06. The number of nitrogens with zero attached hydrogens (tertiary/aromatic N) is 1. The van der Waals surface area contributed by atoms with Gasteiger partial charge in [0.2, 0.25) is 5.91 Å². The van der Waals surface area contributed by atoms with Crippen molar-refractivity contribution in [3.8, 4) is 0 Å². The van der Waals surface area contributed by atoms with Crippen LogP contribution in [0.25, 0.3) is 6.08 Å². The number of nitrogens with one attached hydrogen (secondary N) is 2. The predicted molar refractivity (Wildman–Crippen MR) is 129 cm³/mol. The maximum absolute atomic E-state index is 11.5. The Morgan fingerprint density at radius 2 is 1.80 bits per heavy atom. The summed E-state index contributed by atoms with van der Waals surface area (Å²) >= 11 is 4.06. The van der Waals surface area contributed by atoms with E-state index >= 15 is 0 Å². The van der Waals surface area contributed by atoms with Gasteiger partial charge in [0.15, 0.2) is 0 Å². The van der Waals surface area contributed by atoms with Gasteiger partial charge in [-0.2, -0.15) is 12.6 Å². The fraction of sp³-hybridized carbons (Fsp3) is 0.435. The monoisotopic (exact) mass is 433 g/mol. The molecule has 7 heteroatoms. The standard InChI is InChI=1S/C23H35N3O3S/c1-2-20(11-13-24-12-3-4-23(29)25-14-19-30)5-6-21-7-9-22(10-8-21)26(15-17-27)16-18-28/h2,5-11,13,24,27-28,30H,3-4,12,14-19H2,1H3,(H,25,29)/b6-5+,13-11-,20-2-. The van der Waals surface area contributed by atoms with Crippen LogP contribution in [-0.2, 0) is 4.79 Å². The number of rotatable bonds is 15. The highest BCUT2D eigenvalue weighted by molar-refractivity contribution is 7.80. The van der Waals surface area contributed by atoms with Gasteiger partial charge in [-0.1, -0.05) is 30.4 Å². The molecule has 0 saturated carbocycles. The SMILES string of the molecule is C/C=C(\C=C/NCCCC(=O)NCCS)/C=C/c1ccc(N(CCO)CCO)cc1. The predicted octanol–water partition coefficient (Wildman–Crippen LogP) is 2.37. The molecule has 0 radical (unpaired) electrons. The Hall–Kier alpha value is -2.22. The van der Waals surface area contributed by atoms with Gasteiger partial charge >= 0.3 is 0 Å². The molecule has 4 N–H and O–H groups in total. The van der Waals surface area contributed by atoms with Gasteiger partial charge in [0.25, 0.3) is 0 Å². The number of thiol groups is 1. The smallest absolute Gasteiger partial charge is 0.220 e. The molecule has 0 aliphatic rings. The minimum Gasteiger partial charge on any atom is -0.395 e. The second-order valence-electron chi connectivity index (χ2n) is 6.61. The van der Waals surface area contributed by atoms with Crippen LogP contribution in [0.15, 0.2) is 54.3 Å². The second kappa shape index (κ2) is 16.6. The normalized spacial score (nSPS) is 11.9. The third-order valence-corrected chi connectivity index (χ3v) is 4.58. The maximum Gasteiger partial charge on any atom is 0.220 e. The molecule has 6 nitrogen and oxygen atoms in total. The Bertz CT molecular complexity index is 681. The Kier molecular flexibility index (Phi) is 14.3. The van der Waals surface area contributed by atoms with E-state index < -0.39 is 0 Å². The third kappa shape index (κ3) is 11.1. The van der Waals surface area contributed by atoms with E-state index in [1.165, 1.54) is 0 Å². The molecule has 0 spiro atoms. The summed E-state index contributed by atoms with van der Waals surface area (Å²) in [6.45, 7) is 4.43. The molecular formula is C23H35N3O3S. The van der Waals surface area contributed by atoms with Crippen LogP contribution in [0.4, 0.5) is 5.69 Å². The van der Waals surface area contributed by atoms with E-state index in [2.05, 4.69) is 23.3 Å². The summed E-state index contributed by atoms with van der Waals surface area (Å²) in [7, 11) is 0. The van der Waals surface area contributed by atoms with Crippen molar-refractivity contribution in [2.75, 3.05) is 50.0 Å². The average Bonchev–Trinajstić information content (AvgIpc) is 2.77. The lowest BCUT2D eigenvalue weighted by Crippen LogP contribution is -2.29. The first-order valence-electron chi connectivity index (χ1n) is 10.3. The molecule has 1 aromatic carbocycles. The highest BCUT2D eigenvalue weighted by Gasteiger charge is 2.04. The van der Waals surface area contributed by atoms with Crippen LogP contribution in [0.3, 0.4) is 0 Å². The van der Waals surface area contributed by atoms with Crippen molar-refractivity contribution in [3.63, 3.8) is 0 Å². The summed E-state index contributed by atoms with van der Waals surface area (Å²) in [6, 6.07) is 8.01. The van der Waals surface area contributed by atoms with E-state index in [4.69, 9.17) is 10.2 Å².